The van der Waals surface area contributed by atoms with Gasteiger partial charge in [-0.2, -0.15) is 0 Å². The summed E-state index contributed by atoms with van der Waals surface area (Å²) in [6, 6.07) is 8.58. The molecule has 1 aromatic rings. The minimum atomic E-state index is -0.105. The molecular weight excluding hydrogens is 320 g/mol. The molecule has 1 aliphatic carbocycles. The summed E-state index contributed by atoms with van der Waals surface area (Å²) in [6.45, 7) is 2.88. The first-order valence-electron chi connectivity index (χ1n) is 9.28. The SMILES string of the molecule is O=C1O[C@@H]2CN(Cc3ccc(OCCO)cc3)C[C@@H]2N1C1CCCC1. The van der Waals surface area contributed by atoms with Crippen LogP contribution in [0.4, 0.5) is 4.79 Å². The number of amides is 1. The van der Waals surface area contributed by atoms with Gasteiger partial charge in [0.05, 0.1) is 12.6 Å². The number of hydrogen-bond donors (Lipinski definition) is 1. The zero-order chi connectivity index (χ0) is 17.2. The van der Waals surface area contributed by atoms with E-state index in [0.717, 1.165) is 38.2 Å². The number of rotatable bonds is 6. The Hall–Kier alpha value is -1.79. The summed E-state index contributed by atoms with van der Waals surface area (Å²) in [4.78, 5) is 16.6. The maximum absolute atomic E-state index is 12.2. The van der Waals surface area contributed by atoms with E-state index in [4.69, 9.17) is 14.6 Å². The van der Waals surface area contributed by atoms with E-state index in [-0.39, 0.29) is 24.8 Å². The van der Waals surface area contributed by atoms with Gasteiger partial charge in [0.1, 0.15) is 18.5 Å². The van der Waals surface area contributed by atoms with Crippen LogP contribution in [0.25, 0.3) is 0 Å². The van der Waals surface area contributed by atoms with Crippen LogP contribution in [0.2, 0.25) is 0 Å². The first-order valence-corrected chi connectivity index (χ1v) is 9.28. The summed E-state index contributed by atoms with van der Waals surface area (Å²) in [5.74, 6) is 0.775. The molecule has 3 aliphatic rings. The highest BCUT2D eigenvalue weighted by Crippen LogP contribution is 2.34. The lowest BCUT2D eigenvalue weighted by atomic mass is 10.1. The average molecular weight is 346 g/mol. The van der Waals surface area contributed by atoms with E-state index < -0.39 is 0 Å². The Kier molecular flexibility index (Phi) is 4.81. The Bertz CT molecular complexity index is 600. The molecule has 0 spiro atoms. The van der Waals surface area contributed by atoms with Crippen molar-refractivity contribution in [1.82, 2.24) is 9.80 Å². The zero-order valence-electron chi connectivity index (χ0n) is 14.5. The van der Waals surface area contributed by atoms with Crippen LogP contribution >= 0.6 is 0 Å². The summed E-state index contributed by atoms with van der Waals surface area (Å²) < 4.78 is 11.0. The molecule has 0 bridgehead atoms. The van der Waals surface area contributed by atoms with Crippen molar-refractivity contribution >= 4 is 6.09 Å². The number of carbonyl (C=O) groups is 1. The molecule has 6 heteroatoms. The largest absolute Gasteiger partial charge is 0.491 e. The topological polar surface area (TPSA) is 62.2 Å². The number of nitrogens with zero attached hydrogens (tertiary/aromatic N) is 2. The fourth-order valence-corrected chi connectivity index (χ4v) is 4.39. The molecule has 25 heavy (non-hydrogen) atoms. The van der Waals surface area contributed by atoms with E-state index in [2.05, 4.69) is 17.0 Å². The number of ether oxygens (including phenoxy) is 2. The number of fused-ring (bicyclic) bond motifs is 1. The summed E-state index contributed by atoms with van der Waals surface area (Å²) in [5, 5.41) is 8.80. The van der Waals surface area contributed by atoms with Crippen molar-refractivity contribution < 1.29 is 19.4 Å². The highest BCUT2D eigenvalue weighted by atomic mass is 16.6. The van der Waals surface area contributed by atoms with Crippen molar-refractivity contribution in [1.29, 1.82) is 0 Å². The van der Waals surface area contributed by atoms with Crippen LogP contribution in [0.15, 0.2) is 24.3 Å². The Morgan fingerprint density at radius 3 is 2.64 bits per heavy atom. The Labute approximate surface area is 148 Å². The lowest BCUT2D eigenvalue weighted by molar-refractivity contribution is 0.113. The second kappa shape index (κ2) is 7.22. The second-order valence-corrected chi connectivity index (χ2v) is 7.25. The normalized spacial score (nSPS) is 26.9. The fourth-order valence-electron chi connectivity index (χ4n) is 4.39. The molecule has 3 fully saturated rings. The van der Waals surface area contributed by atoms with Crippen molar-refractivity contribution in [2.24, 2.45) is 0 Å². The number of carbonyl (C=O) groups excluding carboxylic acids is 1. The molecule has 1 aromatic carbocycles. The van der Waals surface area contributed by atoms with Gasteiger partial charge in [0.25, 0.3) is 0 Å². The van der Waals surface area contributed by atoms with Gasteiger partial charge in [0, 0.05) is 25.7 Å². The van der Waals surface area contributed by atoms with Crippen molar-refractivity contribution in [3.63, 3.8) is 0 Å². The minimum absolute atomic E-state index is 0.0141. The van der Waals surface area contributed by atoms with Crippen LogP contribution < -0.4 is 4.74 Å². The fraction of sp³-hybridized carbons (Fsp3) is 0.632. The molecule has 2 aliphatic heterocycles. The number of hydrogen-bond acceptors (Lipinski definition) is 5. The lowest BCUT2D eigenvalue weighted by Gasteiger charge is -2.27. The minimum Gasteiger partial charge on any atom is -0.491 e. The maximum Gasteiger partial charge on any atom is 0.410 e. The van der Waals surface area contributed by atoms with Gasteiger partial charge < -0.3 is 14.6 Å². The molecule has 0 radical (unpaired) electrons. The van der Waals surface area contributed by atoms with Gasteiger partial charge >= 0.3 is 6.09 Å². The molecule has 2 heterocycles. The Morgan fingerprint density at radius 2 is 1.92 bits per heavy atom. The lowest BCUT2D eigenvalue weighted by Crippen LogP contribution is -2.43. The summed E-state index contributed by atoms with van der Waals surface area (Å²) >= 11 is 0. The third kappa shape index (κ3) is 3.46. The maximum atomic E-state index is 12.2. The van der Waals surface area contributed by atoms with Crippen molar-refractivity contribution in [3.05, 3.63) is 29.8 Å². The predicted octanol–water partition coefficient (Wildman–Crippen LogP) is 2.01. The number of aliphatic hydroxyl groups is 1. The predicted molar refractivity (Wildman–Crippen MR) is 92.5 cm³/mol. The molecule has 1 amide bonds. The van der Waals surface area contributed by atoms with Gasteiger partial charge in [-0.25, -0.2) is 4.79 Å². The van der Waals surface area contributed by atoms with Gasteiger partial charge in [0.2, 0.25) is 0 Å². The number of likely N-dealkylation sites (tertiary alicyclic amines) is 1. The van der Waals surface area contributed by atoms with Crippen molar-refractivity contribution in [2.45, 2.75) is 50.4 Å². The van der Waals surface area contributed by atoms with Gasteiger partial charge in [0.15, 0.2) is 0 Å². The van der Waals surface area contributed by atoms with Crippen LogP contribution in [0.1, 0.15) is 31.2 Å². The first-order chi connectivity index (χ1) is 12.2. The molecule has 0 unspecified atom stereocenters. The summed E-state index contributed by atoms with van der Waals surface area (Å²) in [7, 11) is 0. The third-order valence-electron chi connectivity index (χ3n) is 5.54. The first kappa shape index (κ1) is 16.7. The quantitative estimate of drug-likeness (QED) is 0.854. The summed E-state index contributed by atoms with van der Waals surface area (Å²) in [5.41, 5.74) is 1.22. The smallest absolute Gasteiger partial charge is 0.410 e. The van der Waals surface area contributed by atoms with Crippen molar-refractivity contribution in [2.75, 3.05) is 26.3 Å². The van der Waals surface area contributed by atoms with Gasteiger partial charge in [-0.15, -0.1) is 0 Å². The molecule has 1 N–H and O–H groups in total. The van der Waals surface area contributed by atoms with E-state index in [1.54, 1.807) is 0 Å². The molecular formula is C19H26N2O4. The van der Waals surface area contributed by atoms with Crippen LogP contribution in [0.5, 0.6) is 5.75 Å². The van der Waals surface area contributed by atoms with Crippen LogP contribution in [-0.2, 0) is 11.3 Å². The van der Waals surface area contributed by atoms with E-state index in [1.165, 1.54) is 18.4 Å². The molecule has 136 valence electrons. The second-order valence-electron chi connectivity index (χ2n) is 7.25. The van der Waals surface area contributed by atoms with E-state index in [9.17, 15) is 4.79 Å². The highest BCUT2D eigenvalue weighted by molar-refractivity contribution is 5.71. The molecule has 1 saturated carbocycles. The molecule has 2 atom stereocenters. The monoisotopic (exact) mass is 346 g/mol. The van der Waals surface area contributed by atoms with Gasteiger partial charge in [-0.05, 0) is 30.5 Å². The summed E-state index contributed by atoms with van der Waals surface area (Å²) in [6.07, 6.45) is 4.59. The van der Waals surface area contributed by atoms with Crippen LogP contribution in [0, 0.1) is 0 Å². The van der Waals surface area contributed by atoms with Gasteiger partial charge in [-0.1, -0.05) is 25.0 Å². The number of benzene rings is 1. The molecule has 2 saturated heterocycles. The Morgan fingerprint density at radius 1 is 1.16 bits per heavy atom. The van der Waals surface area contributed by atoms with Crippen LogP contribution in [-0.4, -0.2) is 65.5 Å². The standard InChI is InChI=1S/C19H26N2O4/c22-9-10-24-16-7-5-14(6-8-16)11-20-12-17-18(13-20)25-19(23)21(17)15-3-1-2-4-15/h5-8,15,17-18,22H,1-4,9-13H2/t17-,18+/m0/s1. The molecule has 6 nitrogen and oxygen atoms in total. The van der Waals surface area contributed by atoms with E-state index in [0.29, 0.717) is 12.6 Å². The van der Waals surface area contributed by atoms with Crippen molar-refractivity contribution in [3.8, 4) is 5.75 Å². The van der Waals surface area contributed by atoms with E-state index in [1.807, 2.05) is 17.0 Å². The van der Waals surface area contributed by atoms with E-state index >= 15 is 0 Å². The average Bonchev–Trinajstić information content (AvgIpc) is 3.31. The van der Waals surface area contributed by atoms with Crippen LogP contribution in [0.3, 0.4) is 0 Å². The number of aliphatic hydroxyl groups excluding tert-OH is 1. The Balaban J connectivity index is 1.35. The highest BCUT2D eigenvalue weighted by Gasteiger charge is 2.50. The third-order valence-corrected chi connectivity index (χ3v) is 5.54. The molecule has 0 aromatic heterocycles. The van der Waals surface area contributed by atoms with Gasteiger partial charge in [-0.3, -0.25) is 9.80 Å². The molecule has 4 rings (SSSR count). The zero-order valence-corrected chi connectivity index (χ0v) is 14.5.